The van der Waals surface area contributed by atoms with Gasteiger partial charge in [-0.25, -0.2) is 0 Å². The molecular formula is C16H26N2. The summed E-state index contributed by atoms with van der Waals surface area (Å²) in [5, 5.41) is 0. The van der Waals surface area contributed by atoms with Crippen molar-refractivity contribution in [3.05, 3.63) is 23.0 Å². The monoisotopic (exact) mass is 246 g/mol. The number of rotatable bonds is 3. The lowest BCUT2D eigenvalue weighted by Gasteiger charge is -2.22. The van der Waals surface area contributed by atoms with Gasteiger partial charge in [-0.3, -0.25) is 0 Å². The van der Waals surface area contributed by atoms with Crippen LogP contribution in [-0.2, 0) is 13.0 Å². The fourth-order valence-corrected chi connectivity index (χ4v) is 3.92. The van der Waals surface area contributed by atoms with Crippen molar-refractivity contribution in [3.63, 3.8) is 0 Å². The minimum absolute atomic E-state index is 0.292. The topological polar surface area (TPSA) is 30.9 Å². The summed E-state index contributed by atoms with van der Waals surface area (Å²) in [7, 11) is 0. The number of fused-ring (bicyclic) bond motifs is 1. The normalized spacial score (nSPS) is 24.4. The molecule has 1 heterocycles. The molecule has 1 aromatic rings. The molecule has 1 aromatic heterocycles. The summed E-state index contributed by atoms with van der Waals surface area (Å²) in [4.78, 5) is 0. The Labute approximate surface area is 111 Å². The van der Waals surface area contributed by atoms with Crippen molar-refractivity contribution in [3.8, 4) is 0 Å². The summed E-state index contributed by atoms with van der Waals surface area (Å²) in [6.07, 6.45) is 10.9. The predicted molar refractivity (Wildman–Crippen MR) is 75.6 cm³/mol. The molecule has 2 aliphatic rings. The molecule has 1 unspecified atom stereocenters. The van der Waals surface area contributed by atoms with Crippen LogP contribution < -0.4 is 5.73 Å². The molecule has 0 radical (unpaired) electrons. The van der Waals surface area contributed by atoms with E-state index in [1.807, 2.05) is 0 Å². The Morgan fingerprint density at radius 2 is 2.00 bits per heavy atom. The van der Waals surface area contributed by atoms with E-state index in [-0.39, 0.29) is 0 Å². The Bertz CT molecular complexity index is 413. The van der Waals surface area contributed by atoms with Crippen LogP contribution in [0.5, 0.6) is 0 Å². The molecule has 0 saturated heterocycles. The van der Waals surface area contributed by atoms with Crippen molar-refractivity contribution in [2.24, 2.45) is 11.7 Å². The van der Waals surface area contributed by atoms with Crippen molar-refractivity contribution in [2.75, 3.05) is 0 Å². The second-order valence-corrected chi connectivity index (χ2v) is 6.28. The first-order valence-corrected chi connectivity index (χ1v) is 7.70. The van der Waals surface area contributed by atoms with Crippen LogP contribution in [0.25, 0.3) is 0 Å². The van der Waals surface area contributed by atoms with E-state index >= 15 is 0 Å². The van der Waals surface area contributed by atoms with Gasteiger partial charge in [-0.05, 0) is 50.2 Å². The lowest BCUT2D eigenvalue weighted by atomic mass is 9.93. The molecule has 100 valence electrons. The van der Waals surface area contributed by atoms with Gasteiger partial charge in [-0.15, -0.1) is 0 Å². The zero-order valence-electron chi connectivity index (χ0n) is 11.6. The number of hydrogen-bond acceptors (Lipinski definition) is 1. The third-order valence-corrected chi connectivity index (χ3v) is 5.01. The molecule has 3 rings (SSSR count). The average Bonchev–Trinajstić information content (AvgIpc) is 2.95. The predicted octanol–water partition coefficient (Wildman–Crippen LogP) is 3.71. The molecular weight excluding hydrogens is 220 g/mol. The second kappa shape index (κ2) is 5.08. The van der Waals surface area contributed by atoms with Crippen LogP contribution in [0.1, 0.15) is 67.9 Å². The number of aryl methyl sites for hydroxylation is 1. The van der Waals surface area contributed by atoms with E-state index in [0.29, 0.717) is 6.04 Å². The van der Waals surface area contributed by atoms with Crippen LogP contribution in [0.4, 0.5) is 0 Å². The Hall–Kier alpha value is -0.760. The smallest absolute Gasteiger partial charge is 0.0313 e. The Balaban J connectivity index is 1.74. The van der Waals surface area contributed by atoms with Crippen LogP contribution in [0.15, 0.2) is 6.07 Å². The second-order valence-electron chi connectivity index (χ2n) is 6.28. The van der Waals surface area contributed by atoms with Crippen LogP contribution in [0.2, 0.25) is 0 Å². The van der Waals surface area contributed by atoms with E-state index in [1.54, 1.807) is 5.69 Å². The van der Waals surface area contributed by atoms with Crippen molar-refractivity contribution < 1.29 is 0 Å². The van der Waals surface area contributed by atoms with Gasteiger partial charge in [0.05, 0.1) is 0 Å². The highest BCUT2D eigenvalue weighted by molar-refractivity contribution is 5.32. The Kier molecular flexibility index (Phi) is 3.47. The molecule has 0 spiro atoms. The van der Waals surface area contributed by atoms with Crippen molar-refractivity contribution in [2.45, 2.75) is 70.9 Å². The van der Waals surface area contributed by atoms with Gasteiger partial charge in [0.2, 0.25) is 0 Å². The summed E-state index contributed by atoms with van der Waals surface area (Å²) >= 11 is 0. The van der Waals surface area contributed by atoms with E-state index in [2.05, 4.69) is 17.6 Å². The molecule has 2 N–H and O–H groups in total. The minimum Gasteiger partial charge on any atom is -0.349 e. The molecule has 1 fully saturated rings. The van der Waals surface area contributed by atoms with Crippen LogP contribution in [0.3, 0.4) is 0 Å². The van der Waals surface area contributed by atoms with Gasteiger partial charge in [0.25, 0.3) is 0 Å². The van der Waals surface area contributed by atoms with Gasteiger partial charge in [0.15, 0.2) is 0 Å². The molecule has 0 amide bonds. The first kappa shape index (κ1) is 12.3. The highest BCUT2D eigenvalue weighted by Crippen LogP contribution is 2.32. The maximum absolute atomic E-state index is 6.23. The highest BCUT2D eigenvalue weighted by Gasteiger charge is 2.22. The quantitative estimate of drug-likeness (QED) is 0.866. The lowest BCUT2D eigenvalue weighted by Crippen LogP contribution is -2.18. The van der Waals surface area contributed by atoms with Gasteiger partial charge in [0.1, 0.15) is 0 Å². The highest BCUT2D eigenvalue weighted by atomic mass is 15.0. The Morgan fingerprint density at radius 3 is 2.78 bits per heavy atom. The third-order valence-electron chi connectivity index (χ3n) is 5.01. The maximum atomic E-state index is 6.23. The molecule has 0 aromatic carbocycles. The standard InChI is InChI=1S/C16H26N2/c1-12-11-14-15(17)7-4-8-16(14)18(12)10-9-13-5-2-3-6-13/h11,13,15H,2-10,17H2,1H3. The molecule has 2 nitrogen and oxygen atoms in total. The summed E-state index contributed by atoms with van der Waals surface area (Å²) in [5.74, 6) is 0.986. The van der Waals surface area contributed by atoms with Crippen LogP contribution in [0, 0.1) is 12.8 Å². The van der Waals surface area contributed by atoms with Crippen molar-refractivity contribution in [1.82, 2.24) is 4.57 Å². The van der Waals surface area contributed by atoms with E-state index in [1.165, 1.54) is 69.2 Å². The number of nitrogens with zero attached hydrogens (tertiary/aromatic N) is 1. The summed E-state index contributed by atoms with van der Waals surface area (Å²) < 4.78 is 2.56. The van der Waals surface area contributed by atoms with Crippen molar-refractivity contribution >= 4 is 0 Å². The molecule has 0 bridgehead atoms. The number of aromatic nitrogens is 1. The zero-order chi connectivity index (χ0) is 12.5. The number of nitrogens with two attached hydrogens (primary N) is 1. The van der Waals surface area contributed by atoms with Gasteiger partial charge in [0, 0.05) is 24.0 Å². The molecule has 2 aliphatic carbocycles. The van der Waals surface area contributed by atoms with Gasteiger partial charge in [-0.1, -0.05) is 25.7 Å². The lowest BCUT2D eigenvalue weighted by molar-refractivity contribution is 0.442. The summed E-state index contributed by atoms with van der Waals surface area (Å²) in [6.45, 7) is 3.47. The molecule has 1 atom stereocenters. The molecule has 18 heavy (non-hydrogen) atoms. The summed E-state index contributed by atoms with van der Waals surface area (Å²) in [6, 6.07) is 2.63. The first-order valence-electron chi connectivity index (χ1n) is 7.70. The Morgan fingerprint density at radius 1 is 1.22 bits per heavy atom. The summed E-state index contributed by atoms with van der Waals surface area (Å²) in [5.41, 5.74) is 10.6. The fraction of sp³-hybridized carbons (Fsp3) is 0.750. The SMILES string of the molecule is Cc1cc2c(n1CCC1CCCC1)CCCC2N. The third kappa shape index (κ3) is 2.23. The van der Waals surface area contributed by atoms with Gasteiger partial charge in [-0.2, -0.15) is 0 Å². The van der Waals surface area contributed by atoms with E-state index in [0.717, 1.165) is 5.92 Å². The maximum Gasteiger partial charge on any atom is 0.0313 e. The van der Waals surface area contributed by atoms with Crippen molar-refractivity contribution in [1.29, 1.82) is 0 Å². The van der Waals surface area contributed by atoms with E-state index in [9.17, 15) is 0 Å². The molecule has 2 heteroatoms. The van der Waals surface area contributed by atoms with Crippen LogP contribution in [-0.4, -0.2) is 4.57 Å². The molecule has 1 saturated carbocycles. The first-order chi connectivity index (χ1) is 8.75. The fourth-order valence-electron chi connectivity index (χ4n) is 3.92. The largest absolute Gasteiger partial charge is 0.349 e. The van der Waals surface area contributed by atoms with E-state index in [4.69, 9.17) is 5.73 Å². The average molecular weight is 246 g/mol. The number of hydrogen-bond donors (Lipinski definition) is 1. The molecule has 0 aliphatic heterocycles. The van der Waals surface area contributed by atoms with Gasteiger partial charge >= 0.3 is 0 Å². The van der Waals surface area contributed by atoms with Crippen LogP contribution >= 0.6 is 0 Å². The minimum atomic E-state index is 0.292. The van der Waals surface area contributed by atoms with E-state index < -0.39 is 0 Å². The van der Waals surface area contributed by atoms with Gasteiger partial charge < -0.3 is 10.3 Å². The zero-order valence-corrected chi connectivity index (χ0v) is 11.6.